The van der Waals surface area contributed by atoms with E-state index in [9.17, 15) is 9.90 Å². The lowest BCUT2D eigenvalue weighted by molar-refractivity contribution is 0.0519. The average molecular weight is 254 g/mol. The first-order valence-corrected chi connectivity index (χ1v) is 6.22. The van der Waals surface area contributed by atoms with Gasteiger partial charge in [-0.3, -0.25) is 0 Å². The van der Waals surface area contributed by atoms with Gasteiger partial charge in [0.15, 0.2) is 5.69 Å². The number of aliphatic hydroxyl groups is 1. The zero-order valence-corrected chi connectivity index (χ0v) is 10.4. The third kappa shape index (κ3) is 3.01. The van der Waals surface area contributed by atoms with Crippen molar-refractivity contribution in [3.05, 3.63) is 12.0 Å². The Morgan fingerprint density at radius 1 is 1.61 bits per heavy atom. The Labute approximate surface area is 105 Å². The molecule has 0 bridgehead atoms. The molecule has 100 valence electrons. The minimum absolute atomic E-state index is 0.137. The lowest BCUT2D eigenvalue weighted by Gasteiger charge is -2.21. The Kier molecular flexibility index (Phi) is 3.86. The predicted molar refractivity (Wildman–Crippen MR) is 64.4 cm³/mol. The first kappa shape index (κ1) is 12.9. The number of anilines is 1. The Bertz CT molecular complexity index is 410. The highest BCUT2D eigenvalue weighted by atomic mass is 16.5. The van der Waals surface area contributed by atoms with Crippen molar-refractivity contribution in [3.8, 4) is 0 Å². The highest BCUT2D eigenvalue weighted by Crippen LogP contribution is 2.29. The molecule has 0 unspecified atom stereocenters. The second-order valence-electron chi connectivity index (χ2n) is 4.54. The summed E-state index contributed by atoms with van der Waals surface area (Å²) in [6.07, 6.45) is 4.89. The van der Waals surface area contributed by atoms with Crippen molar-refractivity contribution in [1.82, 2.24) is 4.98 Å². The van der Waals surface area contributed by atoms with Crippen molar-refractivity contribution >= 4 is 12.0 Å². The molecule has 0 atom stereocenters. The van der Waals surface area contributed by atoms with Gasteiger partial charge in [0.2, 0.25) is 0 Å². The monoisotopic (exact) mass is 254 g/mol. The van der Waals surface area contributed by atoms with Crippen LogP contribution in [0.4, 0.5) is 6.01 Å². The van der Waals surface area contributed by atoms with Crippen LogP contribution in [0.5, 0.6) is 0 Å². The molecule has 0 amide bonds. The van der Waals surface area contributed by atoms with E-state index in [-0.39, 0.29) is 11.7 Å². The molecule has 1 aromatic rings. The molecule has 1 aromatic heterocycles. The Morgan fingerprint density at radius 3 is 3.00 bits per heavy atom. The summed E-state index contributed by atoms with van der Waals surface area (Å²) in [5.41, 5.74) is -0.545. The maximum Gasteiger partial charge on any atom is 0.360 e. The number of nitrogens with zero attached hydrogens (tertiary/aromatic N) is 1. The van der Waals surface area contributed by atoms with E-state index in [0.29, 0.717) is 13.2 Å². The summed E-state index contributed by atoms with van der Waals surface area (Å²) in [6, 6.07) is 0.235. The van der Waals surface area contributed by atoms with E-state index in [2.05, 4.69) is 10.3 Å². The zero-order chi connectivity index (χ0) is 13.0. The van der Waals surface area contributed by atoms with Crippen LogP contribution in [0.25, 0.3) is 0 Å². The summed E-state index contributed by atoms with van der Waals surface area (Å²) >= 11 is 0. The molecule has 0 spiro atoms. The summed E-state index contributed by atoms with van der Waals surface area (Å²) in [4.78, 5) is 15.3. The van der Waals surface area contributed by atoms with Crippen LogP contribution in [0.1, 0.15) is 43.1 Å². The van der Waals surface area contributed by atoms with Crippen molar-refractivity contribution < 1.29 is 19.1 Å². The fraction of sp³-hybridized carbons (Fsp3) is 0.667. The summed E-state index contributed by atoms with van der Waals surface area (Å²) in [7, 11) is 0. The van der Waals surface area contributed by atoms with Crippen LogP contribution >= 0.6 is 0 Å². The van der Waals surface area contributed by atoms with Gasteiger partial charge in [-0.05, 0) is 19.8 Å². The van der Waals surface area contributed by atoms with Crippen molar-refractivity contribution in [2.75, 3.05) is 18.5 Å². The van der Waals surface area contributed by atoms with Crippen molar-refractivity contribution in [2.24, 2.45) is 0 Å². The lowest BCUT2D eigenvalue weighted by Crippen LogP contribution is -2.33. The van der Waals surface area contributed by atoms with E-state index in [0.717, 1.165) is 25.7 Å². The number of nitrogens with one attached hydrogen (secondary N) is 1. The molecule has 0 saturated heterocycles. The summed E-state index contributed by atoms with van der Waals surface area (Å²) < 4.78 is 9.90. The fourth-order valence-electron chi connectivity index (χ4n) is 2.10. The number of oxazole rings is 1. The third-order valence-corrected chi connectivity index (χ3v) is 3.09. The van der Waals surface area contributed by atoms with E-state index < -0.39 is 11.6 Å². The van der Waals surface area contributed by atoms with Crippen LogP contribution in [0.15, 0.2) is 10.7 Å². The number of rotatable bonds is 5. The van der Waals surface area contributed by atoms with Crippen LogP contribution in [-0.4, -0.2) is 34.8 Å². The molecule has 1 saturated carbocycles. The standard InChI is InChI=1S/C12H18N2O4/c1-2-17-10(15)9-7-18-11(14-9)13-8-12(16)5-3-4-6-12/h7,16H,2-6,8H2,1H3,(H,13,14). The topological polar surface area (TPSA) is 84.6 Å². The zero-order valence-electron chi connectivity index (χ0n) is 10.4. The Morgan fingerprint density at radius 2 is 2.33 bits per heavy atom. The van der Waals surface area contributed by atoms with Crippen molar-refractivity contribution in [2.45, 2.75) is 38.2 Å². The van der Waals surface area contributed by atoms with Crippen LogP contribution in [0, 0.1) is 0 Å². The van der Waals surface area contributed by atoms with Crippen molar-refractivity contribution in [3.63, 3.8) is 0 Å². The predicted octanol–water partition coefficient (Wildman–Crippen LogP) is 1.57. The van der Waals surface area contributed by atoms with Gasteiger partial charge < -0.3 is 19.6 Å². The van der Waals surface area contributed by atoms with Gasteiger partial charge in [0.05, 0.1) is 12.2 Å². The maximum atomic E-state index is 11.4. The van der Waals surface area contributed by atoms with E-state index in [1.54, 1.807) is 6.92 Å². The van der Waals surface area contributed by atoms with Gasteiger partial charge in [-0.25, -0.2) is 4.79 Å². The van der Waals surface area contributed by atoms with E-state index >= 15 is 0 Å². The highest BCUT2D eigenvalue weighted by molar-refractivity contribution is 5.87. The quantitative estimate of drug-likeness (QED) is 0.776. The number of carbonyl (C=O) groups is 1. The number of hydrogen-bond acceptors (Lipinski definition) is 6. The first-order chi connectivity index (χ1) is 8.63. The molecule has 1 aliphatic rings. The minimum Gasteiger partial charge on any atom is -0.461 e. The molecule has 6 nitrogen and oxygen atoms in total. The Hall–Kier alpha value is -1.56. The van der Waals surface area contributed by atoms with Crippen LogP contribution in [-0.2, 0) is 4.74 Å². The molecule has 0 aliphatic heterocycles. The number of esters is 1. The first-order valence-electron chi connectivity index (χ1n) is 6.22. The molecule has 1 aliphatic carbocycles. The molecule has 2 rings (SSSR count). The molecule has 6 heteroatoms. The number of hydrogen-bond donors (Lipinski definition) is 2. The van der Waals surface area contributed by atoms with E-state index in [4.69, 9.17) is 9.15 Å². The van der Waals surface area contributed by atoms with Gasteiger partial charge in [0.1, 0.15) is 6.26 Å². The van der Waals surface area contributed by atoms with Gasteiger partial charge in [-0.1, -0.05) is 12.8 Å². The molecule has 18 heavy (non-hydrogen) atoms. The van der Waals surface area contributed by atoms with Crippen LogP contribution < -0.4 is 5.32 Å². The SMILES string of the molecule is CCOC(=O)c1coc(NCC2(O)CCCC2)n1. The van der Waals surface area contributed by atoms with Gasteiger partial charge >= 0.3 is 5.97 Å². The van der Waals surface area contributed by atoms with Gasteiger partial charge in [0.25, 0.3) is 6.01 Å². The van der Waals surface area contributed by atoms with Crippen LogP contribution in [0.3, 0.4) is 0 Å². The van der Waals surface area contributed by atoms with Crippen LogP contribution in [0.2, 0.25) is 0 Å². The molecule has 0 aromatic carbocycles. The van der Waals surface area contributed by atoms with E-state index in [1.165, 1.54) is 6.26 Å². The average Bonchev–Trinajstić information content (AvgIpc) is 2.96. The fourth-order valence-corrected chi connectivity index (χ4v) is 2.10. The number of aromatic nitrogens is 1. The lowest BCUT2D eigenvalue weighted by atomic mass is 10.0. The van der Waals surface area contributed by atoms with Gasteiger partial charge in [-0.15, -0.1) is 0 Å². The molecular formula is C12H18N2O4. The van der Waals surface area contributed by atoms with Crippen molar-refractivity contribution in [1.29, 1.82) is 0 Å². The summed E-state index contributed by atoms with van der Waals surface area (Å²) in [5, 5.41) is 13.0. The molecule has 1 fully saturated rings. The van der Waals surface area contributed by atoms with Gasteiger partial charge in [0, 0.05) is 6.54 Å². The second kappa shape index (κ2) is 5.39. The van der Waals surface area contributed by atoms with Gasteiger partial charge in [-0.2, -0.15) is 4.98 Å². The molecule has 2 N–H and O–H groups in total. The Balaban J connectivity index is 1.88. The third-order valence-electron chi connectivity index (χ3n) is 3.09. The number of carbonyl (C=O) groups excluding carboxylic acids is 1. The normalized spacial score (nSPS) is 17.7. The molecule has 1 heterocycles. The molecule has 0 radical (unpaired) electrons. The smallest absolute Gasteiger partial charge is 0.360 e. The summed E-state index contributed by atoms with van der Waals surface area (Å²) in [5.74, 6) is -0.506. The van der Waals surface area contributed by atoms with E-state index in [1.807, 2.05) is 0 Å². The largest absolute Gasteiger partial charge is 0.461 e. The molecular weight excluding hydrogens is 236 g/mol. The maximum absolute atomic E-state index is 11.4. The highest BCUT2D eigenvalue weighted by Gasteiger charge is 2.31. The minimum atomic E-state index is -0.682. The summed E-state index contributed by atoms with van der Waals surface area (Å²) in [6.45, 7) is 2.41. The second-order valence-corrected chi connectivity index (χ2v) is 4.54. The number of ether oxygens (including phenoxy) is 1.